The first-order valence-corrected chi connectivity index (χ1v) is 8.88. The van der Waals surface area contributed by atoms with Crippen LogP contribution in [-0.4, -0.2) is 48.6 Å². The lowest BCUT2D eigenvalue weighted by Crippen LogP contribution is -2.51. The summed E-state index contributed by atoms with van der Waals surface area (Å²) < 4.78 is 30.3. The highest BCUT2D eigenvalue weighted by Crippen LogP contribution is 2.27. The first kappa shape index (κ1) is 14.4. The van der Waals surface area contributed by atoms with E-state index in [4.69, 9.17) is 0 Å². The molecule has 0 radical (unpaired) electrons. The second kappa shape index (κ2) is 5.17. The lowest BCUT2D eigenvalue weighted by molar-refractivity contribution is 0.117. The zero-order valence-corrected chi connectivity index (χ0v) is 13.5. The van der Waals surface area contributed by atoms with Crippen molar-refractivity contribution in [3.05, 3.63) is 42.2 Å². The molecule has 1 aromatic carbocycles. The number of anilines is 1. The molecule has 1 saturated heterocycles. The molecule has 0 spiro atoms. The molecule has 0 unspecified atom stereocenters. The third-order valence-corrected chi connectivity index (χ3v) is 5.46. The quantitative estimate of drug-likeness (QED) is 0.916. The number of aryl methyl sites for hydroxylation is 1. The largest absolute Gasteiger partial charge is 0.341 e. The van der Waals surface area contributed by atoms with Crippen LogP contribution in [0.2, 0.25) is 0 Å². The maximum atomic E-state index is 12.2. The van der Waals surface area contributed by atoms with Crippen LogP contribution < -0.4 is 5.32 Å². The molecular formula is C15H17N5O2S. The molecule has 0 aliphatic carbocycles. The Morgan fingerprint density at radius 1 is 1.30 bits per heavy atom. The fourth-order valence-corrected chi connectivity index (χ4v) is 4.06. The van der Waals surface area contributed by atoms with Crippen LogP contribution in [0.1, 0.15) is 11.6 Å². The Morgan fingerprint density at radius 3 is 2.83 bits per heavy atom. The maximum Gasteiger partial charge on any atom is 0.286 e. The Kier molecular flexibility index (Phi) is 3.24. The number of fused-ring (bicyclic) bond motifs is 1. The van der Waals surface area contributed by atoms with Crippen LogP contribution in [0.4, 0.5) is 5.69 Å². The standard InChI is InChI=1S/C15H17N5O2S/c1-11-6-16-20(7-11)12-8-19(9-12)10-15-17-13-4-2-3-5-14(13)23(21,22)18-15/h2-7,12H,8-10H2,1H3,(H,17,18). The predicted molar refractivity (Wildman–Crippen MR) is 87.1 cm³/mol. The molecule has 2 aliphatic heterocycles. The SMILES string of the molecule is Cc1cnn(C2CN(CC3=NS(=O)(=O)c4ccccc4N3)C2)c1. The highest BCUT2D eigenvalue weighted by Gasteiger charge is 2.31. The lowest BCUT2D eigenvalue weighted by Gasteiger charge is -2.39. The number of aromatic nitrogens is 2. The van der Waals surface area contributed by atoms with E-state index in [0.717, 1.165) is 18.7 Å². The van der Waals surface area contributed by atoms with E-state index < -0.39 is 10.0 Å². The molecule has 3 heterocycles. The van der Waals surface area contributed by atoms with Gasteiger partial charge in [0.15, 0.2) is 0 Å². The van der Waals surface area contributed by atoms with Gasteiger partial charge in [-0.3, -0.25) is 9.58 Å². The minimum atomic E-state index is -3.60. The predicted octanol–water partition coefficient (Wildman–Crippen LogP) is 1.26. The van der Waals surface area contributed by atoms with Crippen molar-refractivity contribution in [2.45, 2.75) is 17.9 Å². The van der Waals surface area contributed by atoms with Crippen molar-refractivity contribution in [2.75, 3.05) is 25.0 Å². The summed E-state index contributed by atoms with van der Waals surface area (Å²) in [5, 5.41) is 7.44. The molecule has 0 bridgehead atoms. The summed E-state index contributed by atoms with van der Waals surface area (Å²) in [5.74, 6) is 0.471. The van der Waals surface area contributed by atoms with Crippen LogP contribution in [0.25, 0.3) is 0 Å². The number of benzene rings is 1. The van der Waals surface area contributed by atoms with Gasteiger partial charge in [0, 0.05) is 19.3 Å². The fourth-order valence-electron chi connectivity index (χ4n) is 2.92. The van der Waals surface area contributed by atoms with E-state index in [1.165, 1.54) is 0 Å². The van der Waals surface area contributed by atoms with E-state index >= 15 is 0 Å². The first-order chi connectivity index (χ1) is 11.0. The molecule has 0 atom stereocenters. The van der Waals surface area contributed by atoms with Crippen molar-refractivity contribution in [2.24, 2.45) is 4.40 Å². The normalized spacial score (nSPS) is 20.3. The molecule has 4 rings (SSSR count). The van der Waals surface area contributed by atoms with E-state index in [1.54, 1.807) is 18.2 Å². The summed E-state index contributed by atoms with van der Waals surface area (Å²) in [6, 6.07) is 7.18. The summed E-state index contributed by atoms with van der Waals surface area (Å²) in [4.78, 5) is 2.38. The summed E-state index contributed by atoms with van der Waals surface area (Å²) in [5.41, 5.74) is 1.74. The van der Waals surface area contributed by atoms with E-state index in [2.05, 4.69) is 19.7 Å². The monoisotopic (exact) mass is 331 g/mol. The molecule has 1 fully saturated rings. The minimum Gasteiger partial charge on any atom is -0.341 e. The molecule has 0 saturated carbocycles. The Morgan fingerprint density at radius 2 is 2.09 bits per heavy atom. The van der Waals surface area contributed by atoms with Gasteiger partial charge in [-0.15, -0.1) is 4.40 Å². The van der Waals surface area contributed by atoms with Crippen LogP contribution in [0.3, 0.4) is 0 Å². The molecule has 1 N–H and O–H groups in total. The van der Waals surface area contributed by atoms with Gasteiger partial charge in [0.05, 0.1) is 24.5 Å². The Hall–Kier alpha value is -2.19. The van der Waals surface area contributed by atoms with Crippen molar-refractivity contribution in [3.63, 3.8) is 0 Å². The van der Waals surface area contributed by atoms with E-state index in [9.17, 15) is 8.42 Å². The second-order valence-corrected chi connectivity index (χ2v) is 7.55. The average molecular weight is 331 g/mol. The molecule has 8 heteroatoms. The van der Waals surface area contributed by atoms with Crippen molar-refractivity contribution in [1.29, 1.82) is 0 Å². The minimum absolute atomic E-state index is 0.234. The zero-order valence-electron chi connectivity index (χ0n) is 12.7. The van der Waals surface area contributed by atoms with Crippen molar-refractivity contribution < 1.29 is 8.42 Å². The smallest absolute Gasteiger partial charge is 0.286 e. The maximum absolute atomic E-state index is 12.2. The lowest BCUT2D eigenvalue weighted by atomic mass is 10.1. The van der Waals surface area contributed by atoms with Crippen molar-refractivity contribution >= 4 is 21.5 Å². The topological polar surface area (TPSA) is 79.6 Å². The molecule has 2 aliphatic rings. The third kappa shape index (κ3) is 2.64. The average Bonchev–Trinajstić information content (AvgIpc) is 2.88. The third-order valence-electron chi connectivity index (χ3n) is 4.09. The molecule has 23 heavy (non-hydrogen) atoms. The zero-order chi connectivity index (χ0) is 16.0. The number of rotatable bonds is 3. The van der Waals surface area contributed by atoms with Crippen LogP contribution in [0, 0.1) is 6.92 Å². The highest BCUT2D eigenvalue weighted by atomic mass is 32.2. The number of hydrogen-bond donors (Lipinski definition) is 1. The van der Waals surface area contributed by atoms with Crippen LogP contribution in [0.5, 0.6) is 0 Å². The number of nitrogens with one attached hydrogen (secondary N) is 1. The van der Waals surface area contributed by atoms with Gasteiger partial charge in [-0.05, 0) is 24.6 Å². The second-order valence-electron chi connectivity index (χ2n) is 5.98. The fraction of sp³-hybridized carbons (Fsp3) is 0.333. The number of nitrogens with zero attached hydrogens (tertiary/aromatic N) is 4. The number of amidine groups is 1. The van der Waals surface area contributed by atoms with Gasteiger partial charge in [0.25, 0.3) is 10.0 Å². The summed E-state index contributed by atoms with van der Waals surface area (Å²) in [7, 11) is -3.60. The number of hydrogen-bond acceptors (Lipinski definition) is 5. The van der Waals surface area contributed by atoms with Gasteiger partial charge in [-0.1, -0.05) is 12.1 Å². The Bertz CT molecular complexity index is 881. The van der Waals surface area contributed by atoms with Gasteiger partial charge in [-0.2, -0.15) is 13.5 Å². The van der Waals surface area contributed by atoms with Gasteiger partial charge >= 0.3 is 0 Å². The first-order valence-electron chi connectivity index (χ1n) is 7.44. The van der Waals surface area contributed by atoms with Crippen molar-refractivity contribution in [1.82, 2.24) is 14.7 Å². The Balaban J connectivity index is 1.44. The van der Waals surface area contributed by atoms with Gasteiger partial charge < -0.3 is 5.32 Å². The number of likely N-dealkylation sites (tertiary alicyclic amines) is 1. The molecule has 1 aromatic heterocycles. The Labute approximate surface area is 134 Å². The van der Waals surface area contributed by atoms with Crippen LogP contribution in [-0.2, 0) is 10.0 Å². The van der Waals surface area contributed by atoms with Crippen LogP contribution in [0.15, 0.2) is 46.0 Å². The number of sulfonamides is 1. The van der Waals surface area contributed by atoms with E-state index in [-0.39, 0.29) is 4.90 Å². The van der Waals surface area contributed by atoms with E-state index in [0.29, 0.717) is 24.1 Å². The highest BCUT2D eigenvalue weighted by molar-refractivity contribution is 7.90. The molecular weight excluding hydrogens is 314 g/mol. The number of para-hydroxylation sites is 1. The van der Waals surface area contributed by atoms with E-state index in [1.807, 2.05) is 30.1 Å². The summed E-state index contributed by atoms with van der Waals surface area (Å²) >= 11 is 0. The van der Waals surface area contributed by atoms with Gasteiger partial charge in [0.1, 0.15) is 10.7 Å². The summed E-state index contributed by atoms with van der Waals surface area (Å²) in [6.45, 7) is 4.18. The van der Waals surface area contributed by atoms with Gasteiger partial charge in [0.2, 0.25) is 0 Å². The molecule has 7 nitrogen and oxygen atoms in total. The van der Waals surface area contributed by atoms with Crippen molar-refractivity contribution in [3.8, 4) is 0 Å². The molecule has 2 aromatic rings. The molecule has 0 amide bonds. The molecule has 120 valence electrons. The van der Waals surface area contributed by atoms with Gasteiger partial charge in [-0.25, -0.2) is 0 Å². The summed E-state index contributed by atoms with van der Waals surface area (Å²) in [6.07, 6.45) is 3.87. The van der Waals surface area contributed by atoms with Crippen LogP contribution >= 0.6 is 0 Å².